The summed E-state index contributed by atoms with van der Waals surface area (Å²) in [5.41, 5.74) is 3.76. The van der Waals surface area contributed by atoms with Gasteiger partial charge in [-0.25, -0.2) is 4.79 Å². The third-order valence-electron chi connectivity index (χ3n) is 5.76. The van der Waals surface area contributed by atoms with E-state index in [1.54, 1.807) is 7.11 Å². The maximum Gasteiger partial charge on any atom is 0.355 e. The molecule has 0 bridgehead atoms. The lowest BCUT2D eigenvalue weighted by atomic mass is 9.81. The van der Waals surface area contributed by atoms with Crippen molar-refractivity contribution in [3.05, 3.63) is 52.3 Å². The van der Waals surface area contributed by atoms with Crippen molar-refractivity contribution in [1.29, 1.82) is 0 Å². The van der Waals surface area contributed by atoms with Gasteiger partial charge >= 0.3 is 5.97 Å². The largest absolute Gasteiger partial charge is 0.497 e. The van der Waals surface area contributed by atoms with Gasteiger partial charge in [0.1, 0.15) is 11.4 Å². The number of rotatable bonds is 9. The van der Waals surface area contributed by atoms with Gasteiger partial charge in [0.2, 0.25) is 0 Å². The van der Waals surface area contributed by atoms with E-state index in [2.05, 4.69) is 11.9 Å². The second-order valence-corrected chi connectivity index (χ2v) is 7.83. The molecule has 0 aliphatic heterocycles. The number of ether oxygens (including phenoxy) is 2. The fourth-order valence-corrected chi connectivity index (χ4v) is 4.09. The second kappa shape index (κ2) is 9.77. The molecule has 1 N–H and O–H groups in total. The van der Waals surface area contributed by atoms with E-state index in [0.29, 0.717) is 36.3 Å². The molecule has 29 heavy (non-hydrogen) atoms. The number of H-pyrrole nitrogens is 1. The van der Waals surface area contributed by atoms with Crippen molar-refractivity contribution in [3.8, 4) is 5.75 Å². The average Bonchev–Trinajstić information content (AvgIpc) is 3.07. The highest BCUT2D eigenvalue weighted by Crippen LogP contribution is 2.35. The van der Waals surface area contributed by atoms with Crippen LogP contribution in [0.2, 0.25) is 0 Å². The van der Waals surface area contributed by atoms with Gasteiger partial charge in [-0.1, -0.05) is 44.7 Å². The van der Waals surface area contributed by atoms with Crippen LogP contribution in [0.3, 0.4) is 0 Å². The Morgan fingerprint density at radius 3 is 2.52 bits per heavy atom. The van der Waals surface area contributed by atoms with Crippen LogP contribution in [0.15, 0.2) is 24.3 Å². The Hall–Kier alpha value is -2.56. The van der Waals surface area contributed by atoms with E-state index >= 15 is 0 Å². The first-order valence-corrected chi connectivity index (χ1v) is 10.6. The molecular formula is C24H31NO4. The zero-order valence-electron chi connectivity index (χ0n) is 17.7. The smallest absolute Gasteiger partial charge is 0.355 e. The minimum absolute atomic E-state index is 0.0828. The molecular weight excluding hydrogens is 366 g/mol. The predicted molar refractivity (Wildman–Crippen MR) is 113 cm³/mol. The molecule has 0 spiro atoms. The van der Waals surface area contributed by atoms with Gasteiger partial charge < -0.3 is 14.5 Å². The van der Waals surface area contributed by atoms with Crippen LogP contribution in [0, 0.1) is 6.92 Å². The van der Waals surface area contributed by atoms with Gasteiger partial charge in [0.15, 0.2) is 5.78 Å². The van der Waals surface area contributed by atoms with Crippen molar-refractivity contribution < 1.29 is 19.1 Å². The molecule has 0 unspecified atom stereocenters. The average molecular weight is 398 g/mol. The minimum atomic E-state index is -0.360. The summed E-state index contributed by atoms with van der Waals surface area (Å²) in [7, 11) is 1.64. The number of hydrogen-bond acceptors (Lipinski definition) is 4. The number of Topliss-reactive ketones (excluding diaryl/α,β-unsaturated/α-hetero) is 1. The van der Waals surface area contributed by atoms with E-state index < -0.39 is 0 Å². The Morgan fingerprint density at radius 1 is 1.10 bits per heavy atom. The molecule has 0 radical (unpaired) electrons. The molecule has 0 saturated carbocycles. The molecule has 0 saturated heterocycles. The summed E-state index contributed by atoms with van der Waals surface area (Å²) >= 11 is 0. The number of aromatic amines is 1. The molecule has 5 nitrogen and oxygen atoms in total. The molecule has 1 aliphatic carbocycles. The molecule has 5 heteroatoms. The predicted octanol–water partition coefficient (Wildman–Crippen LogP) is 5.37. The highest BCUT2D eigenvalue weighted by atomic mass is 16.5. The number of benzene rings is 1. The van der Waals surface area contributed by atoms with E-state index in [-0.39, 0.29) is 17.7 Å². The molecule has 1 heterocycles. The Morgan fingerprint density at radius 2 is 1.83 bits per heavy atom. The maximum absolute atomic E-state index is 12.8. The third kappa shape index (κ3) is 4.89. The summed E-state index contributed by atoms with van der Waals surface area (Å²) < 4.78 is 10.7. The second-order valence-electron chi connectivity index (χ2n) is 7.83. The fraction of sp³-hybridized carbons (Fsp3) is 0.500. The molecule has 0 amide bonds. The molecule has 1 atom stereocenters. The zero-order valence-corrected chi connectivity index (χ0v) is 17.7. The van der Waals surface area contributed by atoms with Crippen LogP contribution in [0.25, 0.3) is 0 Å². The lowest BCUT2D eigenvalue weighted by Gasteiger charge is -2.22. The van der Waals surface area contributed by atoms with Crippen LogP contribution < -0.4 is 4.74 Å². The summed E-state index contributed by atoms with van der Waals surface area (Å²) in [6.07, 6.45) is 6.69. The quantitative estimate of drug-likeness (QED) is 0.456. The Labute approximate surface area is 172 Å². The van der Waals surface area contributed by atoms with Crippen molar-refractivity contribution in [1.82, 2.24) is 4.98 Å². The lowest BCUT2D eigenvalue weighted by Crippen LogP contribution is -2.18. The first-order chi connectivity index (χ1) is 14.0. The third-order valence-corrected chi connectivity index (χ3v) is 5.76. The van der Waals surface area contributed by atoms with Crippen LogP contribution >= 0.6 is 0 Å². The summed E-state index contributed by atoms with van der Waals surface area (Å²) in [6, 6.07) is 7.84. The number of carbonyl (C=O) groups is 2. The number of esters is 1. The highest BCUT2D eigenvalue weighted by Gasteiger charge is 2.32. The fourth-order valence-electron chi connectivity index (χ4n) is 4.09. The van der Waals surface area contributed by atoms with Gasteiger partial charge in [-0.3, -0.25) is 4.79 Å². The summed E-state index contributed by atoms with van der Waals surface area (Å²) in [4.78, 5) is 28.5. The van der Waals surface area contributed by atoms with Gasteiger partial charge in [-0.2, -0.15) is 0 Å². The van der Waals surface area contributed by atoms with Gasteiger partial charge in [0.25, 0.3) is 0 Å². The number of fused-ring (bicyclic) bond motifs is 1. The number of carbonyl (C=O) groups excluding carboxylic acids is 2. The maximum atomic E-state index is 12.8. The van der Waals surface area contributed by atoms with Crippen molar-refractivity contribution in [2.45, 2.75) is 64.7 Å². The molecule has 2 aromatic rings. The molecule has 1 aliphatic rings. The van der Waals surface area contributed by atoms with Gasteiger partial charge in [0, 0.05) is 17.7 Å². The number of nitrogens with one attached hydrogen (secondary N) is 1. The lowest BCUT2D eigenvalue weighted by molar-refractivity contribution is 0.0490. The standard InChI is InChI=1S/C24H31NO4/c1-4-5-6-7-8-13-29-24(27)23-16(2)22-20(25-23)14-18(15-21(22)26)17-9-11-19(28-3)12-10-17/h9-12,18,25H,4-8,13-15H2,1-3H3/t18-/m0/s1. The zero-order chi connectivity index (χ0) is 20.8. The van der Waals surface area contributed by atoms with Crippen molar-refractivity contribution in [2.24, 2.45) is 0 Å². The molecule has 1 aromatic carbocycles. The van der Waals surface area contributed by atoms with Gasteiger partial charge in [-0.15, -0.1) is 0 Å². The monoisotopic (exact) mass is 397 g/mol. The Balaban J connectivity index is 1.67. The summed E-state index contributed by atoms with van der Waals surface area (Å²) in [6.45, 7) is 4.43. The van der Waals surface area contributed by atoms with Crippen LogP contribution in [0.1, 0.15) is 89.0 Å². The molecule has 3 rings (SSSR count). The topological polar surface area (TPSA) is 68.4 Å². The number of hydrogen-bond donors (Lipinski definition) is 1. The molecule has 0 fully saturated rings. The van der Waals surface area contributed by atoms with Gasteiger partial charge in [0.05, 0.1) is 13.7 Å². The summed E-state index contributed by atoms with van der Waals surface area (Å²) in [5.74, 6) is 0.619. The van der Waals surface area contributed by atoms with E-state index in [1.807, 2.05) is 31.2 Å². The van der Waals surface area contributed by atoms with E-state index in [0.717, 1.165) is 29.8 Å². The highest BCUT2D eigenvalue weighted by molar-refractivity contribution is 6.03. The van der Waals surface area contributed by atoms with Crippen molar-refractivity contribution >= 4 is 11.8 Å². The van der Waals surface area contributed by atoms with Crippen LogP contribution in [0.5, 0.6) is 5.75 Å². The Bertz CT molecular complexity index is 851. The molecule has 1 aromatic heterocycles. The van der Waals surface area contributed by atoms with Crippen molar-refractivity contribution in [2.75, 3.05) is 13.7 Å². The van der Waals surface area contributed by atoms with E-state index in [1.165, 1.54) is 19.3 Å². The van der Waals surface area contributed by atoms with Crippen LogP contribution in [0.4, 0.5) is 0 Å². The van der Waals surface area contributed by atoms with Crippen LogP contribution in [-0.4, -0.2) is 30.5 Å². The van der Waals surface area contributed by atoms with E-state index in [9.17, 15) is 9.59 Å². The number of methoxy groups -OCH3 is 1. The summed E-state index contributed by atoms with van der Waals surface area (Å²) in [5, 5.41) is 0. The number of aromatic nitrogens is 1. The Kier molecular flexibility index (Phi) is 7.13. The van der Waals surface area contributed by atoms with E-state index in [4.69, 9.17) is 9.47 Å². The first-order valence-electron chi connectivity index (χ1n) is 10.6. The first kappa shape index (κ1) is 21.2. The normalized spacial score (nSPS) is 15.8. The number of unbranched alkanes of at least 4 members (excludes halogenated alkanes) is 4. The minimum Gasteiger partial charge on any atom is -0.497 e. The van der Waals surface area contributed by atoms with Crippen molar-refractivity contribution in [3.63, 3.8) is 0 Å². The molecule has 156 valence electrons. The van der Waals surface area contributed by atoms with Gasteiger partial charge in [-0.05, 0) is 48.9 Å². The van der Waals surface area contributed by atoms with Crippen LogP contribution in [-0.2, 0) is 11.2 Å². The number of ketones is 1. The SMILES string of the molecule is CCCCCCCOC(=O)c1[nH]c2c(c1C)C(=O)C[C@@H](c1ccc(OC)cc1)C2.